The number of aromatic nitrogens is 8. The molecule has 2 aliphatic heterocycles. The van der Waals surface area contributed by atoms with Gasteiger partial charge in [-0.3, -0.25) is 0 Å². The Morgan fingerprint density at radius 2 is 0.759 bits per heavy atom. The van der Waals surface area contributed by atoms with Crippen molar-refractivity contribution in [3.05, 3.63) is 121 Å². The predicted octanol–water partition coefficient (Wildman–Crippen LogP) is 12.6. The van der Waals surface area contributed by atoms with Crippen molar-refractivity contribution in [3.8, 4) is 0 Å². The molecule has 0 unspecified atom stereocenters. The van der Waals surface area contributed by atoms with E-state index in [0.29, 0.717) is 68.2 Å². The largest absolute Gasteiger partial charge is 2.00 e. The van der Waals surface area contributed by atoms with Crippen LogP contribution in [-0.2, 0) is 17.1 Å². The van der Waals surface area contributed by atoms with Crippen LogP contribution in [0.1, 0.15) is 136 Å². The van der Waals surface area contributed by atoms with E-state index in [1.54, 1.807) is 30.4 Å². The second-order valence-electron chi connectivity index (χ2n) is 9.42. The van der Waals surface area contributed by atoms with Crippen molar-refractivity contribution in [2.75, 3.05) is 0 Å². The number of nitrogens with zero attached hydrogens (tertiary/aromatic N) is 8. The van der Waals surface area contributed by atoms with Gasteiger partial charge < -0.3 is 29.9 Å². The summed E-state index contributed by atoms with van der Waals surface area (Å²) >= 11 is 0. The molecular weight excluding hydrogens is 716 g/mol. The van der Waals surface area contributed by atoms with Crippen LogP contribution in [0.3, 0.4) is 0 Å². The Balaban J connectivity index is 0. The van der Waals surface area contributed by atoms with Crippen LogP contribution in [0.15, 0.2) is 75.4 Å². The molecule has 0 aliphatic carbocycles. The Morgan fingerprint density at radius 1 is 0.426 bits per heavy atom. The molecule has 8 nitrogen and oxygen atoms in total. The molecule has 1 radical (unpaired) electrons. The van der Waals surface area contributed by atoms with E-state index in [0.717, 1.165) is 22.3 Å². The molecule has 0 saturated heterocycles. The molecule has 0 spiro atoms. The minimum atomic E-state index is 0. The van der Waals surface area contributed by atoms with Crippen LogP contribution in [-0.4, -0.2) is 29.9 Å². The maximum absolute atomic E-state index is 4.93. The van der Waals surface area contributed by atoms with Crippen LogP contribution in [0.5, 0.6) is 0 Å². The molecule has 0 atom stereocenters. The van der Waals surface area contributed by atoms with Crippen molar-refractivity contribution in [1.82, 2.24) is 39.9 Å². The van der Waals surface area contributed by atoms with Gasteiger partial charge >= 0.3 is 17.1 Å². The van der Waals surface area contributed by atoms with Crippen LogP contribution in [0.25, 0.3) is 69.2 Å². The minimum absolute atomic E-state index is 0. The molecule has 9 heteroatoms. The van der Waals surface area contributed by atoms with Gasteiger partial charge in [0.1, 0.15) is 0 Å². The van der Waals surface area contributed by atoms with E-state index in [1.165, 1.54) is 0 Å². The summed E-state index contributed by atoms with van der Waals surface area (Å²) in [5.74, 6) is 1.71. The molecule has 0 saturated carbocycles. The quantitative estimate of drug-likeness (QED) is 0.164. The Labute approximate surface area is 335 Å². The van der Waals surface area contributed by atoms with Gasteiger partial charge in [-0.15, -0.1) is 0 Å². The van der Waals surface area contributed by atoms with E-state index in [9.17, 15) is 0 Å². The molecule has 0 N–H and O–H groups in total. The first-order valence-corrected chi connectivity index (χ1v) is 18.6. The third-order valence-electron chi connectivity index (χ3n) is 6.87. The molecule has 5 rings (SSSR count). The summed E-state index contributed by atoms with van der Waals surface area (Å²) in [6.07, 6.45) is 19.9. The van der Waals surface area contributed by atoms with E-state index in [-0.39, 0.29) is 17.1 Å². The van der Waals surface area contributed by atoms with Crippen LogP contribution >= 0.6 is 0 Å². The van der Waals surface area contributed by atoms with Crippen molar-refractivity contribution >= 4 is 69.2 Å². The van der Waals surface area contributed by atoms with Gasteiger partial charge in [-0.1, -0.05) is 169 Å². The van der Waals surface area contributed by atoms with Crippen molar-refractivity contribution < 1.29 is 17.1 Å². The van der Waals surface area contributed by atoms with E-state index in [1.807, 2.05) is 126 Å². The average molecular weight is 777 g/mol. The van der Waals surface area contributed by atoms with Gasteiger partial charge in [-0.25, -0.2) is 9.97 Å². The van der Waals surface area contributed by atoms with Gasteiger partial charge in [0.25, 0.3) is 0 Å². The number of allylic oxidation sites excluding steroid dienone is 11. The molecular formula is C45H60CuN8. The second-order valence-corrected chi connectivity index (χ2v) is 9.42. The summed E-state index contributed by atoms with van der Waals surface area (Å²) in [4.78, 5) is 38.8. The fourth-order valence-electron chi connectivity index (χ4n) is 4.85. The van der Waals surface area contributed by atoms with Crippen molar-refractivity contribution in [2.45, 2.75) is 90.0 Å². The van der Waals surface area contributed by atoms with E-state index in [4.69, 9.17) is 39.9 Å². The molecule has 5 heterocycles. The number of rotatable bonds is 8. The zero-order valence-corrected chi connectivity index (χ0v) is 35.7. The Morgan fingerprint density at radius 3 is 1.09 bits per heavy atom. The molecule has 0 amide bonds. The topological polar surface area (TPSA) is 106 Å². The van der Waals surface area contributed by atoms with E-state index >= 15 is 0 Å². The zero-order chi connectivity index (χ0) is 40.7. The Bertz CT molecular complexity index is 2050. The average Bonchev–Trinajstić information content (AvgIpc) is 3.91. The number of hydrogen-bond acceptors (Lipinski definition) is 6. The van der Waals surface area contributed by atoms with E-state index < -0.39 is 0 Å². The van der Waals surface area contributed by atoms with Crippen LogP contribution in [0.4, 0.5) is 0 Å². The smallest absolute Gasteiger partial charge is 0.357 e. The van der Waals surface area contributed by atoms with Crippen LogP contribution < -0.4 is 9.97 Å². The molecule has 0 aromatic carbocycles. The molecule has 0 fully saturated rings. The molecule has 291 valence electrons. The molecule has 8 bridgehead atoms. The summed E-state index contributed by atoms with van der Waals surface area (Å²) in [6, 6.07) is 0. The summed E-state index contributed by atoms with van der Waals surface area (Å²) in [7, 11) is 0. The first-order chi connectivity index (χ1) is 25.9. The SMILES string of the molecule is C=C/C=C\C1=C(C)c2nc1nc1[n-]c(nc3nc(nc4[n-]c(n2)c(/C=C\C)c4C=C)C(C=C)=C3C=C)c(C=C)c1/C=C\C.CC.CC.CC.CC.CC.[Cu+2]. The number of hydrogen-bond donors (Lipinski definition) is 0. The maximum Gasteiger partial charge on any atom is 2.00 e. The van der Waals surface area contributed by atoms with Crippen molar-refractivity contribution in [1.29, 1.82) is 0 Å². The maximum atomic E-state index is 4.93. The Hall–Kier alpha value is -5.24. The summed E-state index contributed by atoms with van der Waals surface area (Å²) in [6.45, 7) is 45.7. The van der Waals surface area contributed by atoms with Gasteiger partial charge in [-0.2, -0.15) is 0 Å². The normalized spacial score (nSPS) is 11.3. The number of fused-ring (bicyclic) bond motifs is 8. The standard InChI is InChI=1S/C35H30N8.5C2H6.Cu/c1-9-16-19-25-20(8)28-36-33(25)43-35-27(18-11-3)24(15-7)32(42-35)40-30-22(13-5)21(12-4)29(38-30)39-31-23(14-6)26(17-10-2)34(37-28)41-31;5*1-2;/h9-19H,1,4-7H2,2-3,8H3;5*1-2H3;/q-2;;;;;;+2/b17-10-,18-11-,19-16-;;;;;;. The van der Waals surface area contributed by atoms with E-state index in [2.05, 4.69) is 32.9 Å². The van der Waals surface area contributed by atoms with Crippen molar-refractivity contribution in [2.24, 2.45) is 0 Å². The van der Waals surface area contributed by atoms with Gasteiger partial charge in [0, 0.05) is 39.3 Å². The molecule has 54 heavy (non-hydrogen) atoms. The zero-order valence-electron chi connectivity index (χ0n) is 34.8. The molecule has 2 aliphatic rings. The fourth-order valence-corrected chi connectivity index (χ4v) is 4.85. The monoisotopic (exact) mass is 775 g/mol. The van der Waals surface area contributed by atoms with Gasteiger partial charge in [0.2, 0.25) is 0 Å². The first-order valence-electron chi connectivity index (χ1n) is 18.6. The van der Waals surface area contributed by atoms with Crippen LogP contribution in [0.2, 0.25) is 0 Å². The second kappa shape index (κ2) is 27.4. The van der Waals surface area contributed by atoms with Crippen LogP contribution in [0, 0.1) is 0 Å². The molecule has 3 aromatic rings. The minimum Gasteiger partial charge on any atom is -0.357 e. The third kappa shape index (κ3) is 11.4. The summed E-state index contributed by atoms with van der Waals surface area (Å²) in [5.41, 5.74) is 7.60. The van der Waals surface area contributed by atoms with Gasteiger partial charge in [0.05, 0.1) is 23.3 Å². The van der Waals surface area contributed by atoms with Gasteiger partial charge in [0.15, 0.2) is 0 Å². The first kappa shape index (κ1) is 50.9. The molecule has 3 aromatic heterocycles. The van der Waals surface area contributed by atoms with Crippen molar-refractivity contribution in [3.63, 3.8) is 0 Å². The third-order valence-corrected chi connectivity index (χ3v) is 6.87. The fraction of sp³-hybridized carbons (Fsp3) is 0.289. The van der Waals surface area contributed by atoms with Gasteiger partial charge in [-0.05, 0) is 48.6 Å². The summed E-state index contributed by atoms with van der Waals surface area (Å²) in [5, 5.41) is 0. The Kier molecular flexibility index (Phi) is 25.8. The summed E-state index contributed by atoms with van der Waals surface area (Å²) < 4.78 is 0. The predicted molar refractivity (Wildman–Crippen MR) is 235 cm³/mol.